The number of aldehydes is 1. The fourth-order valence-electron chi connectivity index (χ4n) is 2.25. The minimum atomic E-state index is -0.0800. The summed E-state index contributed by atoms with van der Waals surface area (Å²) in [6.45, 7) is 0. The molecule has 1 nitrogen and oxygen atoms in total. The Morgan fingerprint density at radius 2 is 1.87 bits per heavy atom. The Balaban J connectivity index is 2.46. The van der Waals surface area contributed by atoms with Gasteiger partial charge >= 0.3 is 0 Å². The molecule has 0 aliphatic heterocycles. The molecule has 1 unspecified atom stereocenters. The van der Waals surface area contributed by atoms with Crippen molar-refractivity contribution in [1.82, 2.24) is 0 Å². The van der Waals surface area contributed by atoms with Crippen LogP contribution in [-0.2, 0) is 4.79 Å². The zero-order valence-corrected chi connectivity index (χ0v) is 8.18. The lowest BCUT2D eigenvalue weighted by Crippen LogP contribution is -2.01. The van der Waals surface area contributed by atoms with E-state index in [4.69, 9.17) is 0 Å². The molecule has 0 N–H and O–H groups in total. The molecule has 0 saturated heterocycles. The van der Waals surface area contributed by atoms with Crippen molar-refractivity contribution in [3.63, 3.8) is 0 Å². The monoisotopic (exact) mass is 194 g/mol. The maximum Gasteiger partial charge on any atom is 0.131 e. The van der Waals surface area contributed by atoms with E-state index in [0.717, 1.165) is 11.8 Å². The van der Waals surface area contributed by atoms with Crippen molar-refractivity contribution in [2.24, 2.45) is 0 Å². The second-order valence-corrected chi connectivity index (χ2v) is 3.81. The maximum atomic E-state index is 11.0. The van der Waals surface area contributed by atoms with E-state index in [1.807, 2.05) is 30.4 Å². The molecule has 3 rings (SSSR count). The summed E-state index contributed by atoms with van der Waals surface area (Å²) in [5.74, 6) is -0.0800. The van der Waals surface area contributed by atoms with Gasteiger partial charge in [-0.2, -0.15) is 0 Å². The summed E-state index contributed by atoms with van der Waals surface area (Å²) in [6, 6.07) is 12.4. The van der Waals surface area contributed by atoms with Crippen molar-refractivity contribution in [2.45, 2.75) is 5.92 Å². The molecule has 0 spiro atoms. The van der Waals surface area contributed by atoms with Gasteiger partial charge in [-0.3, -0.25) is 0 Å². The van der Waals surface area contributed by atoms with E-state index in [0.29, 0.717) is 0 Å². The second-order valence-electron chi connectivity index (χ2n) is 3.81. The van der Waals surface area contributed by atoms with Gasteiger partial charge in [-0.25, -0.2) is 0 Å². The van der Waals surface area contributed by atoms with Gasteiger partial charge in [0.05, 0.1) is 5.92 Å². The molecular formula is C14H10O. The van der Waals surface area contributed by atoms with Crippen molar-refractivity contribution >= 4 is 23.1 Å². The summed E-state index contributed by atoms with van der Waals surface area (Å²) in [7, 11) is 0. The number of benzene rings is 2. The van der Waals surface area contributed by atoms with Crippen molar-refractivity contribution in [1.29, 1.82) is 0 Å². The average molecular weight is 194 g/mol. The van der Waals surface area contributed by atoms with Gasteiger partial charge in [0.2, 0.25) is 0 Å². The number of carbonyl (C=O) groups excluding carboxylic acids is 1. The zero-order chi connectivity index (χ0) is 10.3. The molecule has 2 aromatic carbocycles. The molecule has 1 atom stereocenters. The summed E-state index contributed by atoms with van der Waals surface area (Å²) in [5, 5.41) is 2.43. The minimum Gasteiger partial charge on any atom is -0.302 e. The quantitative estimate of drug-likeness (QED) is 0.637. The Morgan fingerprint density at radius 1 is 1.07 bits per heavy atom. The van der Waals surface area contributed by atoms with E-state index in [-0.39, 0.29) is 5.92 Å². The molecule has 2 aromatic rings. The Labute approximate surface area is 88.0 Å². The second kappa shape index (κ2) is 3.06. The van der Waals surface area contributed by atoms with Gasteiger partial charge < -0.3 is 4.79 Å². The molecule has 72 valence electrons. The SMILES string of the molecule is O=CC1C=Cc2cccc3cccc1c23. The minimum absolute atomic E-state index is 0.0800. The summed E-state index contributed by atoms with van der Waals surface area (Å²) in [5.41, 5.74) is 2.34. The van der Waals surface area contributed by atoms with Gasteiger partial charge in [-0.1, -0.05) is 48.6 Å². The standard InChI is InChI=1S/C14H10O/c15-9-12-8-7-11-4-1-3-10-5-2-6-13(12)14(10)11/h1-9,12H. The third-order valence-electron chi connectivity index (χ3n) is 2.96. The summed E-state index contributed by atoms with van der Waals surface area (Å²) in [4.78, 5) is 11.0. The lowest BCUT2D eigenvalue weighted by Gasteiger charge is -2.16. The van der Waals surface area contributed by atoms with Crippen molar-refractivity contribution in [3.8, 4) is 0 Å². The fourth-order valence-corrected chi connectivity index (χ4v) is 2.25. The summed E-state index contributed by atoms with van der Waals surface area (Å²) in [6.07, 6.45) is 5.00. The van der Waals surface area contributed by atoms with Crippen molar-refractivity contribution < 1.29 is 4.79 Å². The first kappa shape index (κ1) is 8.42. The maximum absolute atomic E-state index is 11.0. The van der Waals surface area contributed by atoms with E-state index in [1.165, 1.54) is 16.3 Å². The fraction of sp³-hybridized carbons (Fsp3) is 0.0714. The highest BCUT2D eigenvalue weighted by Gasteiger charge is 2.15. The molecule has 0 amide bonds. The Morgan fingerprint density at radius 3 is 2.67 bits per heavy atom. The van der Waals surface area contributed by atoms with E-state index in [2.05, 4.69) is 18.2 Å². The van der Waals surface area contributed by atoms with E-state index in [1.54, 1.807) is 0 Å². The largest absolute Gasteiger partial charge is 0.302 e. The van der Waals surface area contributed by atoms with Crippen LogP contribution >= 0.6 is 0 Å². The van der Waals surface area contributed by atoms with Gasteiger partial charge in [0.25, 0.3) is 0 Å². The Bertz CT molecular complexity index is 561. The molecule has 1 aliphatic carbocycles. The summed E-state index contributed by atoms with van der Waals surface area (Å²) < 4.78 is 0. The van der Waals surface area contributed by atoms with Crippen LogP contribution in [0.15, 0.2) is 42.5 Å². The lowest BCUT2D eigenvalue weighted by molar-refractivity contribution is -0.108. The van der Waals surface area contributed by atoms with E-state index < -0.39 is 0 Å². The third kappa shape index (κ3) is 1.13. The average Bonchev–Trinajstić information content (AvgIpc) is 2.30. The van der Waals surface area contributed by atoms with Gasteiger partial charge in [0, 0.05) is 0 Å². The number of carbonyl (C=O) groups is 1. The van der Waals surface area contributed by atoms with Gasteiger partial charge in [0.15, 0.2) is 0 Å². The zero-order valence-electron chi connectivity index (χ0n) is 8.18. The van der Waals surface area contributed by atoms with Crippen LogP contribution in [0.3, 0.4) is 0 Å². The molecule has 0 bridgehead atoms. The van der Waals surface area contributed by atoms with Crippen LogP contribution in [-0.4, -0.2) is 6.29 Å². The van der Waals surface area contributed by atoms with Gasteiger partial charge in [-0.05, 0) is 21.9 Å². The highest BCUT2D eigenvalue weighted by Crippen LogP contribution is 2.33. The Hall–Kier alpha value is -1.89. The van der Waals surface area contributed by atoms with Crippen LogP contribution in [0.25, 0.3) is 16.8 Å². The van der Waals surface area contributed by atoms with Crippen molar-refractivity contribution in [3.05, 3.63) is 53.6 Å². The first-order chi connectivity index (χ1) is 7.40. The topological polar surface area (TPSA) is 17.1 Å². The van der Waals surface area contributed by atoms with Gasteiger partial charge in [-0.15, -0.1) is 0 Å². The van der Waals surface area contributed by atoms with Gasteiger partial charge in [0.1, 0.15) is 6.29 Å². The lowest BCUT2D eigenvalue weighted by atomic mass is 9.87. The van der Waals surface area contributed by atoms with Crippen LogP contribution in [0, 0.1) is 0 Å². The highest BCUT2D eigenvalue weighted by molar-refractivity contribution is 5.98. The number of allylic oxidation sites excluding steroid dienone is 1. The Kier molecular flexibility index (Phi) is 1.72. The predicted molar refractivity (Wildman–Crippen MR) is 61.8 cm³/mol. The molecule has 0 saturated carbocycles. The van der Waals surface area contributed by atoms with Crippen molar-refractivity contribution in [2.75, 3.05) is 0 Å². The van der Waals surface area contributed by atoms with Crippen LogP contribution in [0.5, 0.6) is 0 Å². The van der Waals surface area contributed by atoms with E-state index >= 15 is 0 Å². The molecule has 1 heteroatoms. The smallest absolute Gasteiger partial charge is 0.131 e. The first-order valence-electron chi connectivity index (χ1n) is 5.05. The number of hydrogen-bond acceptors (Lipinski definition) is 1. The molecule has 15 heavy (non-hydrogen) atoms. The summed E-state index contributed by atoms with van der Waals surface area (Å²) >= 11 is 0. The van der Waals surface area contributed by atoms with Crippen LogP contribution < -0.4 is 0 Å². The molecule has 1 aliphatic rings. The predicted octanol–water partition coefficient (Wildman–Crippen LogP) is 3.15. The van der Waals surface area contributed by atoms with Crippen LogP contribution in [0.1, 0.15) is 17.0 Å². The number of rotatable bonds is 1. The van der Waals surface area contributed by atoms with E-state index in [9.17, 15) is 4.79 Å². The first-order valence-corrected chi connectivity index (χ1v) is 5.05. The molecule has 0 heterocycles. The molecule has 0 radical (unpaired) electrons. The third-order valence-corrected chi connectivity index (χ3v) is 2.96. The normalized spacial score (nSPS) is 18.0. The molecule has 0 aromatic heterocycles. The molecule has 0 fully saturated rings. The highest BCUT2D eigenvalue weighted by atomic mass is 16.1. The van der Waals surface area contributed by atoms with Crippen LogP contribution in [0.4, 0.5) is 0 Å². The molecular weight excluding hydrogens is 184 g/mol. The van der Waals surface area contributed by atoms with Crippen LogP contribution in [0.2, 0.25) is 0 Å². The number of hydrogen-bond donors (Lipinski definition) is 0.